The standard InChI is InChI=1S/C21H29ClN4O5.C21H30N4O6.C15H19ClN4O4.C2H6.3CH4/c1-7-21(10-22)16-15(28-20(5,6)30-16)14(29-21)12-8-9-13-17(23-11-24-26(12)13)25-18(27)31-19(2,3)4;1-7-21(10-26)16-15(28-20(5,6)30-16)14(29-21)12-8-9-13-17(22-11-23-25(12)13)24-18(27)31-19(2,3)4;1-14(2)22-11-10(23-15(5-16,6-21)12(11)24-14)8-3-4-9-13(17)18-7-19-20(8)9;1-2;;;/h8-9,11,14-16H,7,10H2,1-6H3,(H,23,24,25,27);8-9,11,14-16,26H,7,10H2,1-6H3,(H,22,23,24,27);3-4,7,10-12,21H,5-6H2,1-2H3,(H2,17,18,19);1-2H3;3*1H4/t2*14-,15-,16-,21-;10-,11-,12-,15+;;;;/m000..../s1. The lowest BCUT2D eigenvalue weighted by Crippen LogP contribution is -2.48. The molecule has 0 spiro atoms. The van der Waals surface area contributed by atoms with E-state index in [1.54, 1.807) is 61.2 Å². The number of halogens is 2. The Labute approximate surface area is 542 Å². The monoisotopic (exact) mass is 1320 g/mol. The third kappa shape index (κ3) is 14.5. The predicted octanol–water partition coefficient (Wildman–Crippen LogP) is 10.7. The first-order chi connectivity index (χ1) is 41.4. The third-order valence-electron chi connectivity index (χ3n) is 15.7. The van der Waals surface area contributed by atoms with Crippen LogP contribution in [0.4, 0.5) is 27.0 Å². The van der Waals surface area contributed by atoms with Gasteiger partial charge in [-0.2, -0.15) is 15.3 Å². The first-order valence-corrected chi connectivity index (χ1v) is 30.6. The van der Waals surface area contributed by atoms with Crippen LogP contribution in [0.25, 0.3) is 16.6 Å². The molecule has 6 aromatic heterocycles. The van der Waals surface area contributed by atoms with Gasteiger partial charge in [-0.1, -0.05) is 50.0 Å². The van der Waals surface area contributed by atoms with Crippen molar-refractivity contribution >= 4 is 69.4 Å². The minimum Gasteiger partial charge on any atom is -0.444 e. The molecular formula is C62H96Cl2N12O15. The molecule has 2 amide bonds. The van der Waals surface area contributed by atoms with Crippen LogP contribution in [0.5, 0.6) is 0 Å². The van der Waals surface area contributed by atoms with Crippen molar-refractivity contribution in [2.75, 3.05) is 41.3 Å². The summed E-state index contributed by atoms with van der Waals surface area (Å²) in [5.74, 6) is -0.921. The van der Waals surface area contributed by atoms with Crippen molar-refractivity contribution in [1.29, 1.82) is 0 Å². The summed E-state index contributed by atoms with van der Waals surface area (Å²) in [6.07, 6.45) is 0.300. The lowest BCUT2D eigenvalue weighted by Gasteiger charge is -2.32. The maximum atomic E-state index is 12.2. The van der Waals surface area contributed by atoms with Gasteiger partial charge in [0.15, 0.2) is 34.8 Å². The molecule has 0 radical (unpaired) electrons. The van der Waals surface area contributed by atoms with Gasteiger partial charge in [-0.05, 0) is 132 Å². The van der Waals surface area contributed by atoms with E-state index in [4.69, 9.17) is 81.0 Å². The summed E-state index contributed by atoms with van der Waals surface area (Å²) >= 11 is 12.5. The number of rotatable bonds is 11. The van der Waals surface area contributed by atoms with Gasteiger partial charge in [0.1, 0.15) is 118 Å². The highest BCUT2D eigenvalue weighted by Crippen LogP contribution is 2.54. The van der Waals surface area contributed by atoms with E-state index < -0.39 is 100 Å². The first-order valence-electron chi connectivity index (χ1n) is 29.6. The van der Waals surface area contributed by atoms with Crippen LogP contribution in [0.3, 0.4) is 0 Å². The highest BCUT2D eigenvalue weighted by molar-refractivity contribution is 6.19. The fourth-order valence-electron chi connectivity index (χ4n) is 11.9. The summed E-state index contributed by atoms with van der Waals surface area (Å²) < 4.78 is 71.3. The van der Waals surface area contributed by atoms with Crippen molar-refractivity contribution in [3.8, 4) is 0 Å². The van der Waals surface area contributed by atoms with Crippen molar-refractivity contribution in [2.45, 2.75) is 246 Å². The number of hydrogen-bond acceptors (Lipinski definition) is 22. The van der Waals surface area contributed by atoms with Gasteiger partial charge >= 0.3 is 12.2 Å². The van der Waals surface area contributed by atoms with E-state index in [9.17, 15) is 19.8 Å². The Bertz CT molecular complexity index is 3290. The fourth-order valence-corrected chi connectivity index (χ4v) is 12.6. The summed E-state index contributed by atoms with van der Waals surface area (Å²) in [6, 6.07) is 11.0. The first kappa shape index (κ1) is 74.4. The topological polar surface area (TPSA) is 317 Å². The number of amides is 2. The van der Waals surface area contributed by atoms with E-state index in [1.807, 2.05) is 99.6 Å². The molecule has 0 unspecified atom stereocenters. The summed E-state index contributed by atoms with van der Waals surface area (Å²) in [5.41, 5.74) is 6.16. The van der Waals surface area contributed by atoms with Crippen LogP contribution in [0.1, 0.15) is 181 Å². The third-order valence-corrected chi connectivity index (χ3v) is 16.6. The van der Waals surface area contributed by atoms with Crippen LogP contribution < -0.4 is 16.4 Å². The van der Waals surface area contributed by atoms with Crippen LogP contribution in [-0.2, 0) is 52.1 Å². The highest BCUT2D eigenvalue weighted by atomic mass is 35.5. The molecule has 29 heteroatoms. The number of alkyl halides is 2. The van der Waals surface area contributed by atoms with Gasteiger partial charge in [0.25, 0.3) is 0 Å². The quantitative estimate of drug-likeness (QED) is 0.0753. The van der Waals surface area contributed by atoms with Crippen molar-refractivity contribution in [3.05, 3.63) is 72.5 Å². The van der Waals surface area contributed by atoms with Crippen molar-refractivity contribution in [2.24, 2.45) is 0 Å². The normalized spacial score (nSPS) is 29.6. The molecule has 0 saturated carbocycles. The maximum absolute atomic E-state index is 12.2. The number of aliphatic hydroxyl groups is 2. The molecule has 12 heterocycles. The van der Waals surface area contributed by atoms with Gasteiger partial charge in [0, 0.05) is 0 Å². The van der Waals surface area contributed by atoms with Gasteiger partial charge in [0.05, 0.1) is 42.1 Å². The van der Waals surface area contributed by atoms with Crippen molar-refractivity contribution < 1.29 is 71.9 Å². The number of aromatic nitrogens is 9. The van der Waals surface area contributed by atoms with E-state index >= 15 is 0 Å². The Morgan fingerprint density at radius 1 is 0.527 bits per heavy atom. The molecule has 12 rings (SSSR count). The second kappa shape index (κ2) is 27.7. The summed E-state index contributed by atoms with van der Waals surface area (Å²) in [6.45, 7) is 29.4. The molecule has 6 aliphatic rings. The SMILES string of the molecule is C.C.C.CC.CC1(C)O[C@H]2[C@H](c3ccc4c(N)ncnn34)O[C@@](CO)(CCl)[C@H]2O1.CC[C@@]1(CCl)O[C@@H](c2ccc3c(NC(=O)OC(C)(C)C)ncnn23)[C@@H]2OC(C)(C)O[C@@H]21.CC[C@@]1(CO)O[C@@H](c2ccc3c(NC(=O)OC(C)(C)C)ncnn23)[C@@H]2OC(C)(C)O[C@@H]21. The molecular weight excluding hydrogens is 1220 g/mol. The molecule has 91 heavy (non-hydrogen) atoms. The average Bonchev–Trinajstić information content (AvgIpc) is 1.59. The summed E-state index contributed by atoms with van der Waals surface area (Å²) in [5, 5.41) is 38.4. The van der Waals surface area contributed by atoms with Crippen molar-refractivity contribution in [3.63, 3.8) is 0 Å². The second-order valence-corrected chi connectivity index (χ2v) is 26.0. The zero-order valence-electron chi connectivity index (χ0n) is 52.7. The van der Waals surface area contributed by atoms with E-state index in [-0.39, 0.29) is 59.5 Å². The number of fused-ring (bicyclic) bond motifs is 6. The molecule has 6 saturated heterocycles. The van der Waals surface area contributed by atoms with E-state index in [0.717, 1.165) is 11.4 Å². The molecule has 508 valence electrons. The number of nitrogens with one attached hydrogen (secondary N) is 2. The maximum Gasteiger partial charge on any atom is 0.413 e. The number of nitrogens with two attached hydrogens (primary N) is 1. The van der Waals surface area contributed by atoms with E-state index in [2.05, 4.69) is 40.9 Å². The highest BCUT2D eigenvalue weighted by Gasteiger charge is 2.65. The van der Waals surface area contributed by atoms with Gasteiger partial charge < -0.3 is 68.1 Å². The molecule has 6 N–H and O–H groups in total. The Kier molecular flexibility index (Phi) is 22.7. The molecule has 0 aliphatic carbocycles. The molecule has 0 bridgehead atoms. The van der Waals surface area contributed by atoms with Crippen molar-refractivity contribution in [1.82, 2.24) is 43.8 Å². The van der Waals surface area contributed by atoms with E-state index in [0.29, 0.717) is 52.5 Å². The molecule has 6 aromatic rings. The van der Waals surface area contributed by atoms with Crippen LogP contribution >= 0.6 is 23.2 Å². The molecule has 6 aliphatic heterocycles. The van der Waals surface area contributed by atoms with Crippen LogP contribution in [0, 0.1) is 0 Å². The van der Waals surface area contributed by atoms with Crippen LogP contribution in [-0.4, -0.2) is 173 Å². The fraction of sp³-hybridized carbons (Fsp3) is 0.677. The Morgan fingerprint density at radius 2 is 0.846 bits per heavy atom. The van der Waals surface area contributed by atoms with Gasteiger partial charge in [0.2, 0.25) is 0 Å². The largest absolute Gasteiger partial charge is 0.444 e. The minimum absolute atomic E-state index is 0. The average molecular weight is 1320 g/mol. The van der Waals surface area contributed by atoms with Crippen LogP contribution in [0.15, 0.2) is 55.4 Å². The Morgan fingerprint density at radius 3 is 1.20 bits per heavy atom. The predicted molar refractivity (Wildman–Crippen MR) is 342 cm³/mol. The van der Waals surface area contributed by atoms with Gasteiger partial charge in [-0.15, -0.1) is 23.2 Å². The zero-order chi connectivity index (χ0) is 64.3. The number of nitrogen functional groups attached to an aromatic ring is 1. The summed E-state index contributed by atoms with van der Waals surface area (Å²) in [7, 11) is 0. The molecule has 12 atom stereocenters. The minimum atomic E-state index is -1.03. The lowest BCUT2D eigenvalue weighted by molar-refractivity contribution is -0.218. The van der Waals surface area contributed by atoms with Gasteiger partial charge in [-0.3, -0.25) is 10.6 Å². The van der Waals surface area contributed by atoms with Crippen LogP contribution in [0.2, 0.25) is 0 Å². The number of ether oxygens (including phenoxy) is 11. The second-order valence-electron chi connectivity index (χ2n) is 25.4. The van der Waals surface area contributed by atoms with Gasteiger partial charge in [-0.25, -0.2) is 38.1 Å². The number of anilines is 3. The smallest absolute Gasteiger partial charge is 0.413 e. The Balaban J connectivity index is 0.000000212. The number of carbonyl (C=O) groups excluding carboxylic acids is 2. The Hall–Kier alpha value is -5.66. The summed E-state index contributed by atoms with van der Waals surface area (Å²) in [4.78, 5) is 36.8. The molecule has 0 aromatic carbocycles. The molecule has 27 nitrogen and oxygen atoms in total. The number of hydrogen-bond donors (Lipinski definition) is 5. The number of aliphatic hydroxyl groups excluding tert-OH is 2. The number of carbonyl (C=O) groups is 2. The molecule has 6 fully saturated rings. The zero-order valence-corrected chi connectivity index (χ0v) is 54.2. The van der Waals surface area contributed by atoms with E-state index in [1.165, 1.54) is 19.0 Å². The lowest BCUT2D eigenvalue weighted by atomic mass is 9.92. The number of nitrogens with zero attached hydrogens (tertiary/aromatic N) is 9.